The van der Waals surface area contributed by atoms with E-state index in [9.17, 15) is 9.59 Å². The summed E-state index contributed by atoms with van der Waals surface area (Å²) < 4.78 is 15.4. The molecule has 0 N–H and O–H groups in total. The Morgan fingerprint density at radius 1 is 1.29 bits per heavy atom. The van der Waals surface area contributed by atoms with Gasteiger partial charge in [0, 0.05) is 19.6 Å². The van der Waals surface area contributed by atoms with Crippen LogP contribution in [0.3, 0.4) is 0 Å². The number of hydrogen-bond acceptors (Lipinski definition) is 6. The van der Waals surface area contributed by atoms with Crippen molar-refractivity contribution < 1.29 is 23.8 Å². The molecule has 126 valence electrons. The third kappa shape index (κ3) is 2.60. The number of benzene rings is 1. The summed E-state index contributed by atoms with van der Waals surface area (Å²) in [4.78, 5) is 28.0. The molecule has 1 aromatic carbocycles. The van der Waals surface area contributed by atoms with Gasteiger partial charge in [-0.3, -0.25) is 9.69 Å². The predicted molar refractivity (Wildman–Crippen MR) is 83.4 cm³/mol. The molecule has 7 heteroatoms. The number of carbonyl (C=O) groups excluding carboxylic acids is 2. The second-order valence-electron chi connectivity index (χ2n) is 6.02. The van der Waals surface area contributed by atoms with E-state index in [1.54, 1.807) is 11.0 Å². The smallest absolute Gasteiger partial charge is 0.332 e. The molecule has 3 aliphatic rings. The van der Waals surface area contributed by atoms with E-state index in [1.165, 1.54) is 7.11 Å². The van der Waals surface area contributed by atoms with E-state index in [2.05, 4.69) is 4.90 Å². The summed E-state index contributed by atoms with van der Waals surface area (Å²) in [5, 5.41) is 0. The van der Waals surface area contributed by atoms with Gasteiger partial charge in [-0.1, -0.05) is 18.2 Å². The van der Waals surface area contributed by atoms with Gasteiger partial charge in [0.05, 0.1) is 7.11 Å². The summed E-state index contributed by atoms with van der Waals surface area (Å²) in [7, 11) is 1.33. The molecule has 1 saturated heterocycles. The summed E-state index contributed by atoms with van der Waals surface area (Å²) in [6.45, 7) is 2.06. The lowest BCUT2D eigenvalue weighted by molar-refractivity contribution is -0.149. The van der Waals surface area contributed by atoms with Crippen LogP contribution in [0.2, 0.25) is 0 Å². The number of hydrogen-bond donors (Lipinski definition) is 0. The number of amides is 1. The molecule has 3 atom stereocenters. The zero-order chi connectivity index (χ0) is 16.7. The van der Waals surface area contributed by atoms with Gasteiger partial charge in [0.1, 0.15) is 12.1 Å². The predicted octanol–water partition coefficient (Wildman–Crippen LogP) is 0.539. The van der Waals surface area contributed by atoms with Crippen LogP contribution in [0.25, 0.3) is 0 Å². The van der Waals surface area contributed by atoms with Crippen LogP contribution in [0, 0.1) is 0 Å². The number of carbonyl (C=O) groups is 2. The van der Waals surface area contributed by atoms with Crippen molar-refractivity contribution in [2.24, 2.45) is 0 Å². The maximum absolute atomic E-state index is 12.6. The van der Waals surface area contributed by atoms with Crippen LogP contribution < -0.4 is 9.47 Å². The normalized spacial score (nSPS) is 26.5. The third-order valence-corrected chi connectivity index (χ3v) is 4.50. The van der Waals surface area contributed by atoms with Crippen LogP contribution in [0.1, 0.15) is 5.56 Å². The first kappa shape index (κ1) is 15.0. The average Bonchev–Trinajstić information content (AvgIpc) is 3.02. The van der Waals surface area contributed by atoms with Gasteiger partial charge < -0.3 is 19.1 Å². The molecule has 4 rings (SSSR count). The van der Waals surface area contributed by atoms with Crippen molar-refractivity contribution in [3.05, 3.63) is 35.9 Å². The Kier molecular flexibility index (Phi) is 3.65. The Hall–Kier alpha value is -2.54. The van der Waals surface area contributed by atoms with Gasteiger partial charge in [-0.25, -0.2) is 4.79 Å². The van der Waals surface area contributed by atoms with Gasteiger partial charge in [-0.2, -0.15) is 0 Å². The molecule has 24 heavy (non-hydrogen) atoms. The molecule has 7 nitrogen and oxygen atoms in total. The molecule has 0 aromatic heterocycles. The Morgan fingerprint density at radius 3 is 2.96 bits per heavy atom. The quantitative estimate of drug-likeness (QED) is 0.456. The molecule has 1 amide bonds. The highest BCUT2D eigenvalue weighted by molar-refractivity contribution is 5.91. The van der Waals surface area contributed by atoms with Gasteiger partial charge in [-0.05, 0) is 17.7 Å². The van der Waals surface area contributed by atoms with E-state index in [-0.39, 0.29) is 18.7 Å². The van der Waals surface area contributed by atoms with Crippen LogP contribution in [0.15, 0.2) is 30.4 Å². The van der Waals surface area contributed by atoms with E-state index in [4.69, 9.17) is 14.2 Å². The van der Waals surface area contributed by atoms with Gasteiger partial charge in [0.15, 0.2) is 11.5 Å². The van der Waals surface area contributed by atoms with E-state index >= 15 is 0 Å². The molecular weight excluding hydrogens is 312 g/mol. The molecule has 0 aliphatic carbocycles. The lowest BCUT2D eigenvalue weighted by atomic mass is 10.2. The van der Waals surface area contributed by atoms with Crippen molar-refractivity contribution in [1.82, 2.24) is 9.80 Å². The average molecular weight is 330 g/mol. The number of rotatable bonds is 4. The van der Waals surface area contributed by atoms with Crippen LogP contribution in [-0.2, 0) is 20.9 Å². The summed E-state index contributed by atoms with van der Waals surface area (Å²) in [6.07, 6.45) is 3.54. The Labute approximate surface area is 139 Å². The van der Waals surface area contributed by atoms with Crippen LogP contribution in [-0.4, -0.2) is 60.8 Å². The van der Waals surface area contributed by atoms with E-state index in [0.29, 0.717) is 19.6 Å². The summed E-state index contributed by atoms with van der Waals surface area (Å²) in [5.74, 6) is 1.06. The number of ether oxygens (including phenoxy) is 3. The standard InChI is InChI=1S/C17H18N2O5/c1-22-17(21)12-3-2-6-19(12)16(20)13-9-18(13)8-11-4-5-14-15(7-11)24-10-23-14/h2-5,7,12-13H,6,8-10H2,1H3/t12-,13?,18?/m0/s1. The fraction of sp³-hybridized carbons (Fsp3) is 0.412. The Morgan fingerprint density at radius 2 is 2.12 bits per heavy atom. The molecule has 0 saturated carbocycles. The fourth-order valence-electron chi connectivity index (χ4n) is 3.12. The lowest BCUT2D eigenvalue weighted by Crippen LogP contribution is -2.44. The van der Waals surface area contributed by atoms with Crippen LogP contribution in [0.5, 0.6) is 11.5 Å². The summed E-state index contributed by atoms with van der Waals surface area (Å²) in [6, 6.07) is 5.02. The minimum atomic E-state index is -0.601. The second-order valence-corrected chi connectivity index (χ2v) is 6.02. The topological polar surface area (TPSA) is 68.1 Å². The number of esters is 1. The first-order valence-electron chi connectivity index (χ1n) is 7.85. The number of methoxy groups -OCH3 is 1. The molecular formula is C17H18N2O5. The molecule has 2 unspecified atom stereocenters. The molecule has 0 radical (unpaired) electrons. The minimum absolute atomic E-state index is 0.0313. The minimum Gasteiger partial charge on any atom is -0.467 e. The third-order valence-electron chi connectivity index (χ3n) is 4.50. The van der Waals surface area contributed by atoms with Gasteiger partial charge >= 0.3 is 5.97 Å². The maximum Gasteiger partial charge on any atom is 0.332 e. The van der Waals surface area contributed by atoms with Gasteiger partial charge in [-0.15, -0.1) is 0 Å². The highest BCUT2D eigenvalue weighted by Gasteiger charge is 2.45. The maximum atomic E-state index is 12.6. The first-order chi connectivity index (χ1) is 11.7. The molecule has 3 heterocycles. The highest BCUT2D eigenvalue weighted by Crippen LogP contribution is 2.34. The SMILES string of the molecule is COC(=O)[C@@H]1C=CCN1C(=O)C1CN1Cc1ccc2c(c1)OCO2. The van der Waals surface area contributed by atoms with E-state index < -0.39 is 12.0 Å². The first-order valence-corrected chi connectivity index (χ1v) is 7.85. The molecule has 1 fully saturated rings. The zero-order valence-corrected chi connectivity index (χ0v) is 13.3. The van der Waals surface area contributed by atoms with E-state index in [0.717, 1.165) is 17.1 Å². The molecule has 0 spiro atoms. The van der Waals surface area contributed by atoms with Crippen molar-refractivity contribution in [1.29, 1.82) is 0 Å². The molecule has 0 bridgehead atoms. The van der Waals surface area contributed by atoms with Crippen LogP contribution >= 0.6 is 0 Å². The van der Waals surface area contributed by atoms with Crippen molar-refractivity contribution in [2.45, 2.75) is 18.6 Å². The summed E-state index contributed by atoms with van der Waals surface area (Å²) >= 11 is 0. The van der Waals surface area contributed by atoms with Gasteiger partial charge in [0.25, 0.3) is 0 Å². The Bertz CT molecular complexity index is 717. The van der Waals surface area contributed by atoms with E-state index in [1.807, 2.05) is 24.3 Å². The second kappa shape index (κ2) is 5.83. The zero-order valence-electron chi connectivity index (χ0n) is 13.3. The highest BCUT2D eigenvalue weighted by atomic mass is 16.7. The number of nitrogens with zero attached hydrogens (tertiary/aromatic N) is 2. The van der Waals surface area contributed by atoms with Crippen molar-refractivity contribution >= 4 is 11.9 Å². The van der Waals surface area contributed by atoms with Crippen molar-refractivity contribution in [2.75, 3.05) is 27.0 Å². The monoisotopic (exact) mass is 330 g/mol. The summed E-state index contributed by atoms with van der Waals surface area (Å²) in [5.41, 5.74) is 1.07. The molecule has 3 aliphatic heterocycles. The largest absolute Gasteiger partial charge is 0.467 e. The van der Waals surface area contributed by atoms with Gasteiger partial charge in [0.2, 0.25) is 12.7 Å². The van der Waals surface area contributed by atoms with Crippen molar-refractivity contribution in [3.8, 4) is 11.5 Å². The number of fused-ring (bicyclic) bond motifs is 1. The lowest BCUT2D eigenvalue weighted by Gasteiger charge is -2.22. The fourth-order valence-corrected chi connectivity index (χ4v) is 3.12. The van der Waals surface area contributed by atoms with Crippen LogP contribution in [0.4, 0.5) is 0 Å². The Balaban J connectivity index is 1.38. The molecule has 1 aromatic rings. The van der Waals surface area contributed by atoms with Crippen molar-refractivity contribution in [3.63, 3.8) is 0 Å².